The zero-order valence-electron chi connectivity index (χ0n) is 10.4. The molecule has 0 aliphatic rings. The molecule has 2 rings (SSSR count). The quantitative estimate of drug-likeness (QED) is 0.839. The van der Waals surface area contributed by atoms with E-state index in [4.69, 9.17) is 10.5 Å². The monoisotopic (exact) mass is 245 g/mol. The summed E-state index contributed by atoms with van der Waals surface area (Å²) in [6.07, 6.45) is 3.17. The van der Waals surface area contributed by atoms with Crippen LogP contribution in [0.5, 0.6) is 11.6 Å². The van der Waals surface area contributed by atoms with Crippen LogP contribution in [0.3, 0.4) is 0 Å². The fourth-order valence-corrected chi connectivity index (χ4v) is 1.59. The number of hydrogen-bond acceptors (Lipinski definition) is 4. The van der Waals surface area contributed by atoms with Gasteiger partial charge in [-0.2, -0.15) is 0 Å². The molecule has 0 fully saturated rings. The predicted octanol–water partition coefficient (Wildman–Crippen LogP) is 1.95. The van der Waals surface area contributed by atoms with Gasteiger partial charge in [0.15, 0.2) is 0 Å². The van der Waals surface area contributed by atoms with Gasteiger partial charge >= 0.3 is 5.56 Å². The number of anilines is 1. The molecule has 94 valence electrons. The van der Waals surface area contributed by atoms with Crippen molar-refractivity contribution in [3.8, 4) is 11.6 Å². The number of rotatable bonds is 3. The Morgan fingerprint density at radius 3 is 2.94 bits per heavy atom. The number of nitrogen functional groups attached to an aromatic ring is 1. The molecule has 0 aliphatic heterocycles. The Morgan fingerprint density at radius 2 is 2.22 bits per heavy atom. The fraction of sp³-hybridized carbons (Fsp3) is 0.231. The summed E-state index contributed by atoms with van der Waals surface area (Å²) in [4.78, 5) is 15.9. The van der Waals surface area contributed by atoms with Crippen molar-refractivity contribution in [2.75, 3.05) is 5.73 Å². The Morgan fingerprint density at radius 1 is 1.44 bits per heavy atom. The fourth-order valence-electron chi connectivity index (χ4n) is 1.59. The van der Waals surface area contributed by atoms with Crippen LogP contribution in [0.1, 0.15) is 12.5 Å². The lowest BCUT2D eigenvalue weighted by atomic mass is 10.2. The van der Waals surface area contributed by atoms with Crippen LogP contribution in [0.4, 0.5) is 5.69 Å². The molecule has 5 heteroatoms. The van der Waals surface area contributed by atoms with Gasteiger partial charge in [0, 0.05) is 30.2 Å². The van der Waals surface area contributed by atoms with Crippen molar-refractivity contribution in [3.05, 3.63) is 46.5 Å². The number of aromatic nitrogens is 2. The van der Waals surface area contributed by atoms with Gasteiger partial charge < -0.3 is 15.0 Å². The lowest BCUT2D eigenvalue weighted by Crippen LogP contribution is -2.20. The van der Waals surface area contributed by atoms with E-state index in [2.05, 4.69) is 4.98 Å². The van der Waals surface area contributed by atoms with Gasteiger partial charge in [-0.1, -0.05) is 6.07 Å². The zero-order valence-corrected chi connectivity index (χ0v) is 10.4. The molecule has 18 heavy (non-hydrogen) atoms. The van der Waals surface area contributed by atoms with Crippen molar-refractivity contribution in [1.29, 1.82) is 0 Å². The van der Waals surface area contributed by atoms with E-state index < -0.39 is 0 Å². The van der Waals surface area contributed by atoms with Crippen molar-refractivity contribution in [3.63, 3.8) is 0 Å². The number of benzene rings is 1. The number of hydrogen-bond donors (Lipinski definition) is 1. The molecule has 0 radical (unpaired) electrons. The molecule has 0 amide bonds. The van der Waals surface area contributed by atoms with Crippen LogP contribution in [0, 0.1) is 6.92 Å². The van der Waals surface area contributed by atoms with Gasteiger partial charge in [-0.25, -0.2) is 4.98 Å². The first-order chi connectivity index (χ1) is 8.63. The Labute approximate surface area is 105 Å². The minimum absolute atomic E-state index is 0.0630. The van der Waals surface area contributed by atoms with Gasteiger partial charge in [0.25, 0.3) is 5.88 Å². The summed E-state index contributed by atoms with van der Waals surface area (Å²) in [5.74, 6) is 0.613. The van der Waals surface area contributed by atoms with Gasteiger partial charge in [-0.15, -0.1) is 0 Å². The maximum absolute atomic E-state index is 11.9. The zero-order chi connectivity index (χ0) is 13.1. The highest BCUT2D eigenvalue weighted by molar-refractivity contribution is 5.53. The van der Waals surface area contributed by atoms with Gasteiger partial charge in [0.2, 0.25) is 0 Å². The van der Waals surface area contributed by atoms with E-state index in [1.807, 2.05) is 13.8 Å². The van der Waals surface area contributed by atoms with E-state index in [-0.39, 0.29) is 11.4 Å². The first kappa shape index (κ1) is 12.2. The highest BCUT2D eigenvalue weighted by Crippen LogP contribution is 2.25. The molecule has 2 N–H and O–H groups in total. The van der Waals surface area contributed by atoms with Crippen molar-refractivity contribution in [1.82, 2.24) is 9.55 Å². The van der Waals surface area contributed by atoms with E-state index in [0.29, 0.717) is 18.0 Å². The summed E-state index contributed by atoms with van der Waals surface area (Å²) in [5.41, 5.74) is 6.96. The predicted molar refractivity (Wildman–Crippen MR) is 69.8 cm³/mol. The minimum Gasteiger partial charge on any atom is -0.434 e. The number of nitrogens with two attached hydrogens (primary N) is 1. The summed E-state index contributed by atoms with van der Waals surface area (Å²) >= 11 is 0. The summed E-state index contributed by atoms with van der Waals surface area (Å²) in [6, 6.07) is 5.32. The van der Waals surface area contributed by atoms with Gasteiger partial charge in [-0.05, 0) is 26.0 Å². The van der Waals surface area contributed by atoms with Crippen molar-refractivity contribution < 1.29 is 4.74 Å². The number of nitrogens with zero attached hydrogens (tertiary/aromatic N) is 2. The van der Waals surface area contributed by atoms with Gasteiger partial charge in [0.05, 0.1) is 0 Å². The van der Waals surface area contributed by atoms with Gasteiger partial charge in [0.1, 0.15) is 5.75 Å². The number of ether oxygens (including phenoxy) is 1. The molecule has 0 aliphatic carbocycles. The van der Waals surface area contributed by atoms with Crippen LogP contribution in [-0.2, 0) is 6.54 Å². The van der Waals surface area contributed by atoms with Crippen LogP contribution in [0.25, 0.3) is 0 Å². The molecular formula is C13H15N3O2. The second-order valence-corrected chi connectivity index (χ2v) is 3.90. The number of aryl methyl sites for hydroxylation is 1. The molecule has 5 nitrogen and oxygen atoms in total. The standard InChI is InChI=1S/C13H15N3O2/c1-3-16-8-7-15-12(13(16)17)18-11-6-4-5-10(14)9(11)2/h4-8H,3,14H2,1-2H3. The second kappa shape index (κ2) is 4.91. The van der Waals surface area contributed by atoms with E-state index in [1.54, 1.807) is 30.6 Å². The SMILES string of the molecule is CCn1ccnc(Oc2cccc(N)c2C)c1=O. The van der Waals surface area contributed by atoms with E-state index >= 15 is 0 Å². The third-order valence-corrected chi connectivity index (χ3v) is 2.76. The average molecular weight is 245 g/mol. The molecule has 1 aromatic heterocycles. The molecule has 1 heterocycles. The Kier molecular flexibility index (Phi) is 3.32. The molecule has 0 saturated carbocycles. The first-order valence-electron chi connectivity index (χ1n) is 5.72. The molecule has 0 bridgehead atoms. The van der Waals surface area contributed by atoms with Crippen LogP contribution < -0.4 is 16.0 Å². The van der Waals surface area contributed by atoms with E-state index in [1.165, 1.54) is 4.57 Å². The third-order valence-electron chi connectivity index (χ3n) is 2.76. The summed E-state index contributed by atoms with van der Waals surface area (Å²) in [7, 11) is 0. The Balaban J connectivity index is 2.41. The van der Waals surface area contributed by atoms with Crippen LogP contribution in [0.15, 0.2) is 35.4 Å². The summed E-state index contributed by atoms with van der Waals surface area (Å²) < 4.78 is 7.07. The Bertz CT molecular complexity index is 620. The van der Waals surface area contributed by atoms with Crippen LogP contribution >= 0.6 is 0 Å². The smallest absolute Gasteiger partial charge is 0.313 e. The minimum atomic E-state index is -0.248. The normalized spacial score (nSPS) is 10.3. The lowest BCUT2D eigenvalue weighted by molar-refractivity contribution is 0.443. The maximum Gasteiger partial charge on any atom is 0.313 e. The van der Waals surface area contributed by atoms with E-state index in [0.717, 1.165) is 5.56 Å². The maximum atomic E-state index is 11.9. The van der Waals surface area contributed by atoms with Crippen molar-refractivity contribution in [2.45, 2.75) is 20.4 Å². The van der Waals surface area contributed by atoms with Gasteiger partial charge in [-0.3, -0.25) is 4.79 Å². The highest BCUT2D eigenvalue weighted by Gasteiger charge is 2.09. The van der Waals surface area contributed by atoms with E-state index in [9.17, 15) is 4.79 Å². The van der Waals surface area contributed by atoms with Crippen LogP contribution in [-0.4, -0.2) is 9.55 Å². The third kappa shape index (κ3) is 2.20. The first-order valence-corrected chi connectivity index (χ1v) is 5.72. The summed E-state index contributed by atoms with van der Waals surface area (Å²) in [6.45, 7) is 4.30. The molecule has 1 aromatic carbocycles. The Hall–Kier alpha value is -2.30. The second-order valence-electron chi connectivity index (χ2n) is 3.90. The molecule has 2 aromatic rings. The average Bonchev–Trinajstić information content (AvgIpc) is 2.37. The molecule has 0 saturated heterocycles. The summed E-state index contributed by atoms with van der Waals surface area (Å²) in [5, 5.41) is 0. The van der Waals surface area contributed by atoms with Crippen molar-refractivity contribution >= 4 is 5.69 Å². The molecule has 0 unspecified atom stereocenters. The lowest BCUT2D eigenvalue weighted by Gasteiger charge is -2.09. The molecular weight excluding hydrogens is 230 g/mol. The largest absolute Gasteiger partial charge is 0.434 e. The topological polar surface area (TPSA) is 70.1 Å². The molecule has 0 spiro atoms. The van der Waals surface area contributed by atoms with Crippen LogP contribution in [0.2, 0.25) is 0 Å². The molecule has 0 atom stereocenters. The van der Waals surface area contributed by atoms with Crippen molar-refractivity contribution in [2.24, 2.45) is 0 Å². The highest BCUT2D eigenvalue weighted by atomic mass is 16.5.